The molecule has 4 atom stereocenters. The van der Waals surface area contributed by atoms with Crippen molar-refractivity contribution in [1.82, 2.24) is 19.8 Å². The number of aliphatic hydroxyl groups is 1. The largest absolute Gasteiger partial charge is 0.481 e. The number of rotatable bonds is 12. The number of nitrogens with zero attached hydrogens (tertiary/aromatic N) is 2. The van der Waals surface area contributed by atoms with Gasteiger partial charge in [-0.05, 0) is 48.1 Å². The third-order valence-electron chi connectivity index (χ3n) is 9.64. The molecule has 2 aliphatic rings. The molecular formula is C37H44N4O7. The SMILES string of the molecule is C[C@H]1[C@@H](CN2CCC(n3c(=O)[nH]c4ccccc43)CC2)O[C@@H](c2ccc(CNC(=O)CCCC(=O)O)cc2)O[C@H]1c1ccc(CO)cc1. The Morgan fingerprint density at radius 3 is 2.31 bits per heavy atom. The average molecular weight is 657 g/mol. The molecule has 1 amide bonds. The summed E-state index contributed by atoms with van der Waals surface area (Å²) in [5.74, 6) is -1.04. The van der Waals surface area contributed by atoms with Gasteiger partial charge < -0.3 is 34.9 Å². The molecule has 11 heteroatoms. The van der Waals surface area contributed by atoms with E-state index in [1.54, 1.807) is 0 Å². The van der Waals surface area contributed by atoms with Crippen molar-refractivity contribution in [2.75, 3.05) is 19.6 Å². The number of H-pyrrole nitrogens is 1. The predicted octanol–water partition coefficient (Wildman–Crippen LogP) is 4.82. The normalized spacial score (nSPS) is 22.1. The van der Waals surface area contributed by atoms with Gasteiger partial charge in [-0.1, -0.05) is 67.6 Å². The minimum Gasteiger partial charge on any atom is -0.481 e. The summed E-state index contributed by atoms with van der Waals surface area (Å²) in [4.78, 5) is 41.1. The van der Waals surface area contributed by atoms with Gasteiger partial charge in [0.2, 0.25) is 5.91 Å². The van der Waals surface area contributed by atoms with Crippen molar-refractivity contribution in [2.45, 2.75) is 76.7 Å². The van der Waals surface area contributed by atoms with Crippen molar-refractivity contribution in [3.05, 3.63) is 106 Å². The minimum absolute atomic E-state index is 0.0223. The number of aliphatic hydroxyl groups excluding tert-OH is 1. The van der Waals surface area contributed by atoms with Gasteiger partial charge >= 0.3 is 11.7 Å². The number of aromatic nitrogens is 2. The molecule has 1 aromatic heterocycles. The van der Waals surface area contributed by atoms with Gasteiger partial charge in [0.05, 0.1) is 29.8 Å². The van der Waals surface area contributed by atoms with Crippen LogP contribution in [0.5, 0.6) is 0 Å². The summed E-state index contributed by atoms with van der Waals surface area (Å²) in [7, 11) is 0. The zero-order valence-corrected chi connectivity index (χ0v) is 27.2. The van der Waals surface area contributed by atoms with Crippen LogP contribution in [-0.4, -0.2) is 62.3 Å². The Bertz CT molecular complexity index is 1740. The Balaban J connectivity index is 1.13. The van der Waals surface area contributed by atoms with Crippen LogP contribution in [0.15, 0.2) is 77.6 Å². The first-order chi connectivity index (χ1) is 23.3. The molecule has 11 nitrogen and oxygen atoms in total. The molecule has 2 saturated heterocycles. The molecule has 3 aromatic carbocycles. The number of likely N-dealkylation sites (tertiary alicyclic amines) is 1. The number of piperidine rings is 1. The fraction of sp³-hybridized carbons (Fsp3) is 0.432. The van der Waals surface area contributed by atoms with Crippen molar-refractivity contribution < 1.29 is 29.3 Å². The fourth-order valence-corrected chi connectivity index (χ4v) is 6.86. The highest BCUT2D eigenvalue weighted by atomic mass is 16.7. The topological polar surface area (TPSA) is 146 Å². The van der Waals surface area contributed by atoms with Crippen molar-refractivity contribution in [2.24, 2.45) is 5.92 Å². The lowest BCUT2D eigenvalue weighted by Crippen LogP contribution is -2.47. The maximum Gasteiger partial charge on any atom is 0.326 e. The van der Waals surface area contributed by atoms with Crippen LogP contribution in [0.1, 0.15) is 79.7 Å². The number of carbonyl (C=O) groups excluding carboxylic acids is 1. The number of fused-ring (bicyclic) bond motifs is 1. The molecule has 48 heavy (non-hydrogen) atoms. The number of carboxylic acids is 1. The Labute approximate surface area is 279 Å². The first-order valence-electron chi connectivity index (χ1n) is 16.8. The third kappa shape index (κ3) is 7.87. The molecule has 3 heterocycles. The van der Waals surface area contributed by atoms with Crippen LogP contribution in [0.3, 0.4) is 0 Å². The molecule has 0 aliphatic carbocycles. The van der Waals surface area contributed by atoms with Gasteiger partial charge in [-0.15, -0.1) is 0 Å². The monoisotopic (exact) mass is 656 g/mol. The fourth-order valence-electron chi connectivity index (χ4n) is 6.86. The van der Waals surface area contributed by atoms with Crippen molar-refractivity contribution in [3.63, 3.8) is 0 Å². The quantitative estimate of drug-likeness (QED) is 0.170. The molecule has 0 radical (unpaired) electrons. The number of aromatic amines is 1. The smallest absolute Gasteiger partial charge is 0.326 e. The van der Waals surface area contributed by atoms with Gasteiger partial charge in [0.25, 0.3) is 0 Å². The van der Waals surface area contributed by atoms with E-state index in [2.05, 4.69) is 22.1 Å². The van der Waals surface area contributed by atoms with E-state index in [0.29, 0.717) is 13.0 Å². The molecule has 2 fully saturated rings. The van der Waals surface area contributed by atoms with Gasteiger partial charge in [0.1, 0.15) is 0 Å². The van der Waals surface area contributed by atoms with Gasteiger partial charge in [-0.3, -0.25) is 14.2 Å². The number of imidazole rings is 1. The molecule has 0 spiro atoms. The Hall–Kier alpha value is -4.29. The summed E-state index contributed by atoms with van der Waals surface area (Å²) >= 11 is 0. The first-order valence-corrected chi connectivity index (χ1v) is 16.8. The average Bonchev–Trinajstić information content (AvgIpc) is 3.44. The van der Waals surface area contributed by atoms with Crippen LogP contribution in [-0.2, 0) is 32.2 Å². The maximum atomic E-state index is 12.8. The van der Waals surface area contributed by atoms with Crippen LogP contribution < -0.4 is 11.0 Å². The number of para-hydroxylation sites is 2. The summed E-state index contributed by atoms with van der Waals surface area (Å²) in [6.07, 6.45) is 1.24. The Morgan fingerprint density at radius 2 is 1.60 bits per heavy atom. The second-order valence-corrected chi connectivity index (χ2v) is 12.9. The molecular weight excluding hydrogens is 612 g/mol. The van der Waals surface area contributed by atoms with Gasteiger partial charge in [-0.25, -0.2) is 4.79 Å². The summed E-state index contributed by atoms with van der Waals surface area (Å²) in [6, 6.07) is 23.6. The van der Waals surface area contributed by atoms with E-state index in [1.165, 1.54) is 0 Å². The Kier molecular flexibility index (Phi) is 10.7. The molecule has 4 N–H and O–H groups in total. The number of hydrogen-bond acceptors (Lipinski definition) is 7. The van der Waals surface area contributed by atoms with Gasteiger partial charge in [-0.2, -0.15) is 0 Å². The maximum absolute atomic E-state index is 12.8. The molecule has 4 aromatic rings. The number of ether oxygens (including phenoxy) is 2. The van der Waals surface area contributed by atoms with Gasteiger partial charge in [0, 0.05) is 56.5 Å². The van der Waals surface area contributed by atoms with Crippen LogP contribution in [0, 0.1) is 5.92 Å². The van der Waals surface area contributed by atoms with E-state index in [4.69, 9.17) is 14.6 Å². The van der Waals surface area contributed by atoms with E-state index in [1.807, 2.05) is 77.4 Å². The third-order valence-corrected chi connectivity index (χ3v) is 9.64. The highest BCUT2D eigenvalue weighted by Crippen LogP contribution is 2.42. The predicted molar refractivity (Wildman–Crippen MR) is 180 cm³/mol. The summed E-state index contributed by atoms with van der Waals surface area (Å²) in [6.45, 7) is 4.91. The zero-order chi connectivity index (χ0) is 33.6. The van der Waals surface area contributed by atoms with Crippen molar-refractivity contribution in [1.29, 1.82) is 0 Å². The number of carbonyl (C=O) groups is 2. The van der Waals surface area contributed by atoms with E-state index < -0.39 is 12.3 Å². The second-order valence-electron chi connectivity index (χ2n) is 12.9. The van der Waals surface area contributed by atoms with Crippen LogP contribution in [0.2, 0.25) is 0 Å². The van der Waals surface area contributed by atoms with Crippen molar-refractivity contribution in [3.8, 4) is 0 Å². The van der Waals surface area contributed by atoms with Gasteiger partial charge in [0.15, 0.2) is 6.29 Å². The van der Waals surface area contributed by atoms with Crippen LogP contribution >= 0.6 is 0 Å². The number of carboxylic acid groups (broad SMARTS) is 1. The number of amides is 1. The molecule has 0 bridgehead atoms. The number of hydrogen-bond donors (Lipinski definition) is 4. The molecule has 2 aliphatic heterocycles. The molecule has 0 saturated carbocycles. The van der Waals surface area contributed by atoms with E-state index in [9.17, 15) is 19.5 Å². The highest BCUT2D eigenvalue weighted by molar-refractivity contribution is 5.76. The lowest BCUT2D eigenvalue weighted by Gasteiger charge is -2.44. The minimum atomic E-state index is -0.907. The van der Waals surface area contributed by atoms with E-state index in [0.717, 1.165) is 65.8 Å². The lowest BCUT2D eigenvalue weighted by molar-refractivity contribution is -0.276. The number of benzene rings is 3. The second kappa shape index (κ2) is 15.3. The molecule has 6 rings (SSSR count). The van der Waals surface area contributed by atoms with Crippen LogP contribution in [0.4, 0.5) is 0 Å². The lowest BCUT2D eigenvalue weighted by atomic mass is 9.89. The summed E-state index contributed by atoms with van der Waals surface area (Å²) in [5.41, 5.74) is 5.41. The number of aliphatic carboxylic acids is 1. The zero-order valence-electron chi connectivity index (χ0n) is 27.2. The van der Waals surface area contributed by atoms with Crippen LogP contribution in [0.25, 0.3) is 11.0 Å². The standard InChI is InChI=1S/C37H44N4O7/c1-24-32(22-40-19-17-29(18-20-40)41-31-6-3-2-5-30(31)39-37(41)46)47-36(48-35(24)27-13-11-26(23-42)12-14-27)28-15-9-25(10-16-28)21-38-33(43)7-4-8-34(44)45/h2-3,5-6,9-16,24,29,32,35-36,42H,4,7-8,17-23H2,1H3,(H,38,43)(H,39,46)(H,44,45)/t24-,32+,35+,36+/m0/s1. The van der Waals surface area contributed by atoms with E-state index in [-0.39, 0.29) is 55.2 Å². The summed E-state index contributed by atoms with van der Waals surface area (Å²) in [5, 5.41) is 21.2. The molecule has 0 unspecified atom stereocenters. The number of nitrogens with one attached hydrogen (secondary N) is 2. The first kappa shape index (κ1) is 33.6. The molecule has 254 valence electrons. The highest BCUT2D eigenvalue weighted by Gasteiger charge is 2.39. The van der Waals surface area contributed by atoms with E-state index >= 15 is 0 Å². The van der Waals surface area contributed by atoms with Crippen molar-refractivity contribution >= 4 is 22.9 Å². The Morgan fingerprint density at radius 1 is 0.917 bits per heavy atom. The summed E-state index contributed by atoms with van der Waals surface area (Å²) < 4.78 is 15.2.